The molecule has 1 aliphatic heterocycles. The summed E-state index contributed by atoms with van der Waals surface area (Å²) in [7, 11) is 0. The quantitative estimate of drug-likeness (QED) is 0.814. The Hall–Kier alpha value is -0.0500. The molecule has 13 heavy (non-hydrogen) atoms. The smallest absolute Gasteiger partial charge is 0.0551 e. The van der Waals surface area contributed by atoms with Crippen molar-refractivity contribution in [3.8, 4) is 0 Å². The number of nitrogens with one attached hydrogen (secondary N) is 1. The Morgan fingerprint density at radius 2 is 2.31 bits per heavy atom. The first-order chi connectivity index (χ1) is 6.29. The maximum absolute atomic E-state index is 6.02. The summed E-state index contributed by atoms with van der Waals surface area (Å²) in [5, 5.41) is 4.25. The minimum absolute atomic E-state index is 0.480. The molecule has 1 nitrogen and oxygen atoms in total. The zero-order valence-corrected chi connectivity index (χ0v) is 9.53. The zero-order valence-electron chi connectivity index (χ0n) is 7.19. The molecule has 0 spiro atoms. The Balaban J connectivity index is 2.33. The van der Waals surface area contributed by atoms with E-state index in [4.69, 9.17) is 11.6 Å². The maximum Gasteiger partial charge on any atom is 0.0551 e. The van der Waals surface area contributed by atoms with Gasteiger partial charge in [-0.25, -0.2) is 0 Å². The number of benzene rings is 1. The highest BCUT2D eigenvalue weighted by atomic mass is 79.9. The molecular formula is C10H11BrClN. The van der Waals surface area contributed by atoms with E-state index in [1.807, 2.05) is 12.1 Å². The van der Waals surface area contributed by atoms with Gasteiger partial charge in [-0.2, -0.15) is 0 Å². The highest BCUT2D eigenvalue weighted by Crippen LogP contribution is 2.33. The molecular weight excluding hydrogens is 249 g/mol. The van der Waals surface area contributed by atoms with Crippen LogP contribution in [0.5, 0.6) is 0 Å². The van der Waals surface area contributed by atoms with E-state index in [1.165, 1.54) is 18.4 Å². The van der Waals surface area contributed by atoms with Crippen LogP contribution >= 0.6 is 27.5 Å². The predicted molar refractivity (Wildman–Crippen MR) is 59.1 cm³/mol. The van der Waals surface area contributed by atoms with Crippen molar-refractivity contribution >= 4 is 27.5 Å². The van der Waals surface area contributed by atoms with E-state index in [0.717, 1.165) is 16.0 Å². The molecule has 70 valence electrons. The molecule has 1 atom stereocenters. The predicted octanol–water partition coefficient (Wildman–Crippen LogP) is 3.53. The van der Waals surface area contributed by atoms with Gasteiger partial charge in [0.25, 0.3) is 0 Å². The molecule has 0 aromatic heterocycles. The average Bonchev–Trinajstić information content (AvgIpc) is 2.62. The Labute approximate surface area is 91.6 Å². The molecule has 0 unspecified atom stereocenters. The molecule has 1 aromatic carbocycles. The zero-order chi connectivity index (χ0) is 9.26. The molecule has 2 rings (SSSR count). The number of halogens is 2. The monoisotopic (exact) mass is 259 g/mol. The molecule has 0 radical (unpaired) electrons. The molecule has 1 N–H and O–H groups in total. The second-order valence-corrected chi connectivity index (χ2v) is 4.49. The third kappa shape index (κ3) is 1.90. The fourth-order valence-electron chi connectivity index (χ4n) is 1.74. The van der Waals surface area contributed by atoms with E-state index in [1.54, 1.807) is 0 Å². The van der Waals surface area contributed by atoms with E-state index in [-0.39, 0.29) is 0 Å². The Morgan fingerprint density at radius 3 is 3.00 bits per heavy atom. The van der Waals surface area contributed by atoms with Crippen LogP contribution in [0.1, 0.15) is 24.4 Å². The van der Waals surface area contributed by atoms with Crippen LogP contribution in [0, 0.1) is 0 Å². The third-order valence-corrected chi connectivity index (χ3v) is 3.85. The number of rotatable bonds is 1. The summed E-state index contributed by atoms with van der Waals surface area (Å²) < 4.78 is 1.04. The standard InChI is InChI=1S/C10H11BrClN/c11-10-7(3-1-4-8(10)12)9-5-2-6-13-9/h1,3-4,9,13H,2,5-6H2/t9-/m0/s1. The average molecular weight is 261 g/mol. The minimum Gasteiger partial charge on any atom is -0.310 e. The van der Waals surface area contributed by atoms with Gasteiger partial charge in [-0.15, -0.1) is 0 Å². The summed E-state index contributed by atoms with van der Waals surface area (Å²) in [5.41, 5.74) is 1.28. The lowest BCUT2D eigenvalue weighted by Crippen LogP contribution is -2.13. The molecule has 1 aromatic rings. The van der Waals surface area contributed by atoms with Crippen molar-refractivity contribution in [2.45, 2.75) is 18.9 Å². The van der Waals surface area contributed by atoms with Gasteiger partial charge in [0.2, 0.25) is 0 Å². The van der Waals surface area contributed by atoms with E-state index < -0.39 is 0 Å². The third-order valence-electron chi connectivity index (χ3n) is 2.42. The van der Waals surface area contributed by atoms with Crippen molar-refractivity contribution in [1.82, 2.24) is 5.32 Å². The second-order valence-electron chi connectivity index (χ2n) is 3.29. The lowest BCUT2D eigenvalue weighted by molar-refractivity contribution is 0.645. The van der Waals surface area contributed by atoms with Crippen molar-refractivity contribution in [2.24, 2.45) is 0 Å². The lowest BCUT2D eigenvalue weighted by atomic mass is 10.1. The molecule has 0 saturated carbocycles. The highest BCUT2D eigenvalue weighted by molar-refractivity contribution is 9.10. The van der Waals surface area contributed by atoms with Gasteiger partial charge in [0.05, 0.1) is 5.02 Å². The minimum atomic E-state index is 0.480. The van der Waals surface area contributed by atoms with Gasteiger partial charge in [-0.1, -0.05) is 23.7 Å². The number of hydrogen-bond donors (Lipinski definition) is 1. The van der Waals surface area contributed by atoms with Crippen LogP contribution in [0.4, 0.5) is 0 Å². The molecule has 1 heterocycles. The molecule has 3 heteroatoms. The largest absolute Gasteiger partial charge is 0.310 e. The van der Waals surface area contributed by atoms with Gasteiger partial charge in [0.15, 0.2) is 0 Å². The summed E-state index contributed by atoms with van der Waals surface area (Å²) in [5.74, 6) is 0. The van der Waals surface area contributed by atoms with E-state index in [9.17, 15) is 0 Å². The van der Waals surface area contributed by atoms with Crippen LogP contribution in [0.3, 0.4) is 0 Å². The van der Waals surface area contributed by atoms with Crippen molar-refractivity contribution in [2.75, 3.05) is 6.54 Å². The Bertz CT molecular complexity index is 308. The molecule has 0 bridgehead atoms. The summed E-state index contributed by atoms with van der Waals surface area (Å²) in [6.45, 7) is 1.11. The SMILES string of the molecule is Clc1cccc([C@@H]2CCCN2)c1Br. The second kappa shape index (κ2) is 3.99. The molecule has 1 aliphatic rings. The van der Waals surface area contributed by atoms with Crippen molar-refractivity contribution in [1.29, 1.82) is 0 Å². The fraction of sp³-hybridized carbons (Fsp3) is 0.400. The highest BCUT2D eigenvalue weighted by Gasteiger charge is 2.18. The summed E-state index contributed by atoms with van der Waals surface area (Å²) in [6, 6.07) is 6.51. The van der Waals surface area contributed by atoms with E-state index in [0.29, 0.717) is 6.04 Å². The van der Waals surface area contributed by atoms with Crippen molar-refractivity contribution < 1.29 is 0 Å². The van der Waals surface area contributed by atoms with Gasteiger partial charge in [-0.05, 0) is 46.9 Å². The molecule has 0 amide bonds. The van der Waals surface area contributed by atoms with Crippen LogP contribution < -0.4 is 5.32 Å². The van der Waals surface area contributed by atoms with Crippen molar-refractivity contribution in [3.05, 3.63) is 33.3 Å². The fourth-order valence-corrected chi connectivity index (χ4v) is 2.46. The first-order valence-corrected chi connectivity index (χ1v) is 5.63. The van der Waals surface area contributed by atoms with Crippen LogP contribution in [-0.4, -0.2) is 6.54 Å². The van der Waals surface area contributed by atoms with Crippen molar-refractivity contribution in [3.63, 3.8) is 0 Å². The van der Waals surface area contributed by atoms with Crippen LogP contribution in [0.15, 0.2) is 22.7 Å². The Kier molecular flexibility index (Phi) is 2.92. The van der Waals surface area contributed by atoms with Gasteiger partial charge >= 0.3 is 0 Å². The van der Waals surface area contributed by atoms with Gasteiger partial charge in [-0.3, -0.25) is 0 Å². The maximum atomic E-state index is 6.02. The first kappa shape index (κ1) is 9.50. The molecule has 0 aliphatic carbocycles. The first-order valence-electron chi connectivity index (χ1n) is 4.46. The van der Waals surface area contributed by atoms with Crippen LogP contribution in [0.25, 0.3) is 0 Å². The number of hydrogen-bond acceptors (Lipinski definition) is 1. The van der Waals surface area contributed by atoms with Gasteiger partial charge < -0.3 is 5.32 Å². The summed E-state index contributed by atoms with van der Waals surface area (Å²) in [4.78, 5) is 0. The summed E-state index contributed by atoms with van der Waals surface area (Å²) >= 11 is 9.54. The molecule has 1 fully saturated rings. The van der Waals surface area contributed by atoms with Gasteiger partial charge in [0, 0.05) is 10.5 Å². The lowest BCUT2D eigenvalue weighted by Gasteiger charge is -2.13. The normalized spacial score (nSPS) is 22.2. The van der Waals surface area contributed by atoms with Crippen LogP contribution in [-0.2, 0) is 0 Å². The van der Waals surface area contributed by atoms with Gasteiger partial charge in [0.1, 0.15) is 0 Å². The van der Waals surface area contributed by atoms with E-state index >= 15 is 0 Å². The topological polar surface area (TPSA) is 12.0 Å². The molecule has 1 saturated heterocycles. The van der Waals surface area contributed by atoms with E-state index in [2.05, 4.69) is 27.3 Å². The summed E-state index contributed by atoms with van der Waals surface area (Å²) in [6.07, 6.45) is 2.46. The Morgan fingerprint density at radius 1 is 1.46 bits per heavy atom. The van der Waals surface area contributed by atoms with Crippen LogP contribution in [0.2, 0.25) is 5.02 Å².